The van der Waals surface area contributed by atoms with Crippen molar-refractivity contribution in [1.29, 1.82) is 0 Å². The normalized spacial score (nSPS) is 23.0. The number of allylic oxidation sites excluding steroid dienone is 2. The fraction of sp³-hybridized carbons (Fsp3) is 0.444. The molecule has 0 radical (unpaired) electrons. The third-order valence-corrected chi connectivity index (χ3v) is 8.68. The number of aromatic nitrogens is 1. The van der Waals surface area contributed by atoms with Gasteiger partial charge in [0.2, 0.25) is 11.8 Å². The van der Waals surface area contributed by atoms with Crippen LogP contribution in [0.2, 0.25) is 0 Å². The van der Waals surface area contributed by atoms with E-state index in [-0.39, 0.29) is 18.4 Å². The van der Waals surface area contributed by atoms with Gasteiger partial charge < -0.3 is 24.4 Å². The zero-order valence-electron chi connectivity index (χ0n) is 26.4. The van der Waals surface area contributed by atoms with E-state index in [0.29, 0.717) is 43.7 Å². The summed E-state index contributed by atoms with van der Waals surface area (Å²) >= 11 is 0. The third-order valence-electron chi connectivity index (χ3n) is 8.68. The smallest absolute Gasteiger partial charge is 0.328 e. The summed E-state index contributed by atoms with van der Waals surface area (Å²) in [6, 6.07) is 16.7. The summed E-state index contributed by atoms with van der Waals surface area (Å²) in [5.41, 5.74) is 2.41. The van der Waals surface area contributed by atoms with E-state index < -0.39 is 30.0 Å². The molecule has 1 aromatic heterocycles. The highest BCUT2D eigenvalue weighted by Crippen LogP contribution is 2.39. The molecular weight excluding hydrogens is 570 g/mol. The number of rotatable bonds is 6. The summed E-state index contributed by atoms with van der Waals surface area (Å²) in [7, 11) is 3.42. The Morgan fingerprint density at radius 3 is 2.56 bits per heavy atom. The standard InChI is InChI=1S/C36H43N3O6/c1-4-44-36(42)30-16-12-7-5-6-8-13-19-39(2)35(41)29-21-26(20-28(29)34(40)38-30)45-33-23-31(24-14-10-9-11-15-24)37-32-22-25(43-3)17-18-27(32)33/h5,7,9-11,14-15,17-18,22-23,26,28-30H,4,6,8,12-13,16,19-21H2,1-3H3,(H,38,40). The first-order valence-electron chi connectivity index (χ1n) is 16.0. The quantitative estimate of drug-likeness (QED) is 0.280. The molecule has 2 amide bonds. The Balaban J connectivity index is 1.46. The number of hydrogen-bond acceptors (Lipinski definition) is 7. The molecule has 45 heavy (non-hydrogen) atoms. The average molecular weight is 614 g/mol. The lowest BCUT2D eigenvalue weighted by Crippen LogP contribution is -2.47. The lowest BCUT2D eigenvalue weighted by molar-refractivity contribution is -0.148. The van der Waals surface area contributed by atoms with Gasteiger partial charge in [0, 0.05) is 36.7 Å². The molecule has 5 rings (SSSR count). The first-order valence-corrected chi connectivity index (χ1v) is 16.0. The minimum Gasteiger partial charge on any atom is -0.497 e. The second kappa shape index (κ2) is 15.1. The number of benzene rings is 2. The van der Waals surface area contributed by atoms with Gasteiger partial charge >= 0.3 is 5.97 Å². The molecule has 2 aromatic carbocycles. The van der Waals surface area contributed by atoms with Crippen LogP contribution in [0.25, 0.3) is 22.2 Å². The number of amides is 2. The molecule has 3 aromatic rings. The molecule has 1 aliphatic heterocycles. The molecule has 238 valence electrons. The second-order valence-electron chi connectivity index (χ2n) is 11.8. The van der Waals surface area contributed by atoms with Crippen LogP contribution in [0.15, 0.2) is 66.7 Å². The summed E-state index contributed by atoms with van der Waals surface area (Å²) in [4.78, 5) is 47.1. The van der Waals surface area contributed by atoms with Crippen molar-refractivity contribution in [3.63, 3.8) is 0 Å². The number of pyridine rings is 1. The van der Waals surface area contributed by atoms with Gasteiger partial charge in [0.1, 0.15) is 23.6 Å². The van der Waals surface area contributed by atoms with Gasteiger partial charge in [-0.05, 0) is 64.0 Å². The maximum absolute atomic E-state index is 13.8. The number of carbonyl (C=O) groups excluding carboxylic acids is 3. The monoisotopic (exact) mass is 613 g/mol. The molecule has 4 atom stereocenters. The number of hydrogen-bond donors (Lipinski definition) is 1. The number of nitrogens with zero attached hydrogens (tertiary/aromatic N) is 2. The molecule has 1 N–H and O–H groups in total. The van der Waals surface area contributed by atoms with Crippen LogP contribution in [-0.4, -0.2) is 67.1 Å². The topological polar surface area (TPSA) is 107 Å². The molecule has 1 saturated carbocycles. The number of ether oxygens (including phenoxy) is 3. The van der Waals surface area contributed by atoms with Crippen LogP contribution in [0, 0.1) is 11.8 Å². The molecule has 0 saturated heterocycles. The molecule has 4 unspecified atom stereocenters. The van der Waals surface area contributed by atoms with Crippen molar-refractivity contribution in [2.24, 2.45) is 11.8 Å². The first-order chi connectivity index (χ1) is 21.9. The van der Waals surface area contributed by atoms with Gasteiger partial charge in [-0.25, -0.2) is 9.78 Å². The Bertz CT molecular complexity index is 1520. The summed E-state index contributed by atoms with van der Waals surface area (Å²) in [5.74, 6) is -0.763. The maximum atomic E-state index is 13.8. The Morgan fingerprint density at radius 1 is 1.00 bits per heavy atom. The van der Waals surface area contributed by atoms with Crippen molar-refractivity contribution in [2.45, 2.75) is 64.0 Å². The van der Waals surface area contributed by atoms with E-state index in [4.69, 9.17) is 19.2 Å². The van der Waals surface area contributed by atoms with Gasteiger partial charge in [-0.15, -0.1) is 0 Å². The van der Waals surface area contributed by atoms with Gasteiger partial charge in [-0.1, -0.05) is 42.5 Å². The SMILES string of the molecule is CCOC(=O)C1CCC=CCCCCN(C)C(=O)C2CC(Oc3cc(-c4ccccc4)nc4cc(OC)ccc34)CC2C(=O)N1. The van der Waals surface area contributed by atoms with Crippen LogP contribution in [0.5, 0.6) is 11.5 Å². The predicted octanol–water partition coefficient (Wildman–Crippen LogP) is 5.71. The first kappa shape index (κ1) is 32.0. The van der Waals surface area contributed by atoms with Crippen molar-refractivity contribution in [3.8, 4) is 22.8 Å². The highest BCUT2D eigenvalue weighted by Gasteiger charge is 2.45. The molecule has 1 fully saturated rings. The molecule has 0 spiro atoms. The highest BCUT2D eigenvalue weighted by atomic mass is 16.5. The summed E-state index contributed by atoms with van der Waals surface area (Å²) in [5, 5.41) is 3.75. The fourth-order valence-electron chi connectivity index (χ4n) is 6.26. The molecule has 0 bridgehead atoms. The third kappa shape index (κ3) is 7.82. The van der Waals surface area contributed by atoms with E-state index in [2.05, 4.69) is 11.4 Å². The van der Waals surface area contributed by atoms with E-state index in [9.17, 15) is 14.4 Å². The largest absolute Gasteiger partial charge is 0.497 e. The van der Waals surface area contributed by atoms with E-state index >= 15 is 0 Å². The van der Waals surface area contributed by atoms with Crippen LogP contribution in [0.4, 0.5) is 0 Å². The van der Waals surface area contributed by atoms with E-state index in [1.165, 1.54) is 0 Å². The van der Waals surface area contributed by atoms with E-state index in [0.717, 1.165) is 41.4 Å². The Morgan fingerprint density at radius 2 is 1.78 bits per heavy atom. The molecule has 1 aliphatic carbocycles. The zero-order valence-corrected chi connectivity index (χ0v) is 26.4. The van der Waals surface area contributed by atoms with Gasteiger partial charge in [-0.2, -0.15) is 0 Å². The van der Waals surface area contributed by atoms with Crippen molar-refractivity contribution < 1.29 is 28.6 Å². The molecular formula is C36H43N3O6. The minimum atomic E-state index is -0.784. The van der Waals surface area contributed by atoms with Crippen LogP contribution >= 0.6 is 0 Å². The number of carbonyl (C=O) groups is 3. The van der Waals surface area contributed by atoms with Crippen molar-refractivity contribution in [1.82, 2.24) is 15.2 Å². The van der Waals surface area contributed by atoms with E-state index in [1.54, 1.807) is 26.0 Å². The van der Waals surface area contributed by atoms with Crippen LogP contribution < -0.4 is 14.8 Å². The summed E-state index contributed by atoms with van der Waals surface area (Å²) in [6.07, 6.45) is 8.27. The molecule has 2 heterocycles. The maximum Gasteiger partial charge on any atom is 0.328 e. The van der Waals surface area contributed by atoms with Gasteiger partial charge in [0.15, 0.2) is 0 Å². The molecule has 2 aliphatic rings. The Hall–Kier alpha value is -4.40. The predicted molar refractivity (Wildman–Crippen MR) is 173 cm³/mol. The minimum absolute atomic E-state index is 0.0753. The van der Waals surface area contributed by atoms with Crippen molar-refractivity contribution in [3.05, 3.63) is 66.7 Å². The summed E-state index contributed by atoms with van der Waals surface area (Å²) < 4.78 is 17.4. The number of fused-ring (bicyclic) bond motifs is 2. The van der Waals surface area contributed by atoms with Crippen molar-refractivity contribution >= 4 is 28.7 Å². The molecule has 9 heteroatoms. The van der Waals surface area contributed by atoms with Gasteiger partial charge in [0.05, 0.1) is 36.8 Å². The van der Waals surface area contributed by atoms with Gasteiger partial charge in [0.25, 0.3) is 0 Å². The zero-order chi connectivity index (χ0) is 31.8. The lowest BCUT2D eigenvalue weighted by atomic mass is 9.93. The van der Waals surface area contributed by atoms with Crippen LogP contribution in [0.3, 0.4) is 0 Å². The van der Waals surface area contributed by atoms with Crippen LogP contribution in [0.1, 0.15) is 51.9 Å². The highest BCUT2D eigenvalue weighted by molar-refractivity contribution is 5.91. The Kier molecular flexibility index (Phi) is 10.7. The van der Waals surface area contributed by atoms with E-state index in [1.807, 2.05) is 60.7 Å². The number of methoxy groups -OCH3 is 1. The average Bonchev–Trinajstić information content (AvgIpc) is 3.48. The fourth-order valence-corrected chi connectivity index (χ4v) is 6.26. The summed E-state index contributed by atoms with van der Waals surface area (Å²) in [6.45, 7) is 2.59. The lowest BCUT2D eigenvalue weighted by Gasteiger charge is -2.25. The van der Waals surface area contributed by atoms with Crippen molar-refractivity contribution in [2.75, 3.05) is 27.3 Å². The second-order valence-corrected chi connectivity index (χ2v) is 11.8. The number of nitrogens with one attached hydrogen (secondary N) is 1. The Labute approximate surface area is 264 Å². The van der Waals surface area contributed by atoms with Crippen LogP contribution in [-0.2, 0) is 19.1 Å². The number of esters is 1. The molecule has 9 nitrogen and oxygen atoms in total. The van der Waals surface area contributed by atoms with Gasteiger partial charge in [-0.3, -0.25) is 9.59 Å².